The van der Waals surface area contributed by atoms with Gasteiger partial charge >= 0.3 is 17.3 Å². The maximum Gasteiger partial charge on any atom is 0.335 e. The minimum absolute atomic E-state index is 0.0189. The molecule has 1 heterocycles. The predicted molar refractivity (Wildman–Crippen MR) is 131 cm³/mol. The topological polar surface area (TPSA) is 119 Å². The molecule has 0 aliphatic rings. The van der Waals surface area contributed by atoms with Crippen LogP contribution in [0.2, 0.25) is 5.02 Å². The molecule has 4 aromatic rings. The molecular formula is C25H20ClFN4O5. The zero-order valence-corrected chi connectivity index (χ0v) is 19.7. The number of carboxylic acids is 1. The zero-order chi connectivity index (χ0) is 25.8. The number of halogens is 2. The summed E-state index contributed by atoms with van der Waals surface area (Å²) in [7, 11) is 0. The van der Waals surface area contributed by atoms with Crippen molar-refractivity contribution in [2.24, 2.45) is 4.99 Å². The molecule has 0 radical (unpaired) electrons. The summed E-state index contributed by atoms with van der Waals surface area (Å²) >= 11 is 5.95. The van der Waals surface area contributed by atoms with Gasteiger partial charge in [0, 0.05) is 17.6 Å². The maximum absolute atomic E-state index is 13.7. The molecule has 0 spiro atoms. The molecule has 0 atom stereocenters. The summed E-state index contributed by atoms with van der Waals surface area (Å²) in [6.45, 7) is 2.03. The summed E-state index contributed by atoms with van der Waals surface area (Å²) in [5.41, 5.74) is -0.111. The fourth-order valence-corrected chi connectivity index (χ4v) is 3.55. The number of hydrogen-bond donors (Lipinski definition) is 2. The number of nitrogens with one attached hydrogen (secondary N) is 1. The van der Waals surface area contributed by atoms with E-state index in [0.717, 1.165) is 22.3 Å². The normalized spacial score (nSPS) is 11.5. The number of hydrogen-bond acceptors (Lipinski definition) is 5. The average molecular weight is 511 g/mol. The first-order valence-electron chi connectivity index (χ1n) is 10.8. The lowest BCUT2D eigenvalue weighted by Crippen LogP contribution is -2.49. The highest BCUT2D eigenvalue weighted by Gasteiger charge is 2.10. The third-order valence-corrected chi connectivity index (χ3v) is 5.43. The molecule has 0 saturated heterocycles. The molecular weight excluding hydrogens is 491 g/mol. The van der Waals surface area contributed by atoms with E-state index in [0.29, 0.717) is 16.5 Å². The summed E-state index contributed by atoms with van der Waals surface area (Å²) in [4.78, 5) is 43.6. The van der Waals surface area contributed by atoms with E-state index in [4.69, 9.17) is 21.4 Å². The van der Waals surface area contributed by atoms with E-state index in [-0.39, 0.29) is 30.0 Å². The molecule has 184 valence electrons. The fourth-order valence-electron chi connectivity index (χ4n) is 3.43. The number of H-pyrrole nitrogens is 1. The monoisotopic (exact) mass is 510 g/mol. The summed E-state index contributed by atoms with van der Waals surface area (Å²) in [5, 5.41) is 9.64. The van der Waals surface area contributed by atoms with Gasteiger partial charge in [0.15, 0.2) is 0 Å². The van der Waals surface area contributed by atoms with Crippen LogP contribution in [0.5, 0.6) is 11.5 Å². The van der Waals surface area contributed by atoms with E-state index in [9.17, 15) is 18.8 Å². The van der Waals surface area contributed by atoms with E-state index in [1.807, 2.05) is 0 Å². The van der Waals surface area contributed by atoms with Crippen molar-refractivity contribution >= 4 is 23.3 Å². The third kappa shape index (κ3) is 5.61. The number of benzene rings is 3. The van der Waals surface area contributed by atoms with Crippen molar-refractivity contribution in [2.45, 2.75) is 20.0 Å². The highest BCUT2D eigenvalue weighted by atomic mass is 35.5. The van der Waals surface area contributed by atoms with Crippen molar-refractivity contribution in [3.05, 3.63) is 115 Å². The Kier molecular flexibility index (Phi) is 7.16. The number of nitrogens with zero attached hydrogens (tertiary/aromatic N) is 3. The van der Waals surface area contributed by atoms with Gasteiger partial charge in [0.25, 0.3) is 0 Å². The summed E-state index contributed by atoms with van der Waals surface area (Å²) in [6.07, 6.45) is 0. The summed E-state index contributed by atoms with van der Waals surface area (Å²) < 4.78 is 21.7. The second kappa shape index (κ2) is 10.4. The Morgan fingerprint density at radius 2 is 1.72 bits per heavy atom. The largest absolute Gasteiger partial charge is 0.478 e. The van der Waals surface area contributed by atoms with E-state index >= 15 is 0 Å². The summed E-state index contributed by atoms with van der Waals surface area (Å²) in [5.74, 6) is -1.70. The standard InChI is InChI=1S/C25H20ClFN4O5/c1-2-30-24(34)29-23(31(25(30)35)14-15-3-5-17(26)6-4-15)28-19-7-9-20(10-8-19)36-21-12-16(22(32)33)11-18(27)13-21/h3-13H,2,14H2,1H3,(H,32,33)(H,28,29,34). The first-order chi connectivity index (χ1) is 17.2. The van der Waals surface area contributed by atoms with E-state index in [1.54, 1.807) is 55.5 Å². The third-order valence-electron chi connectivity index (χ3n) is 5.18. The number of aromatic nitrogens is 3. The first kappa shape index (κ1) is 24.7. The number of carbonyl (C=O) groups is 1. The fraction of sp³-hybridized carbons (Fsp3) is 0.120. The van der Waals surface area contributed by atoms with Crippen molar-refractivity contribution in [1.82, 2.24) is 14.1 Å². The molecule has 0 fully saturated rings. The van der Waals surface area contributed by atoms with Crippen molar-refractivity contribution in [3.8, 4) is 11.5 Å². The van der Waals surface area contributed by atoms with Gasteiger partial charge in [-0.3, -0.25) is 9.55 Å². The van der Waals surface area contributed by atoms with Crippen LogP contribution in [0.4, 0.5) is 10.1 Å². The van der Waals surface area contributed by atoms with Crippen molar-refractivity contribution < 1.29 is 19.0 Å². The van der Waals surface area contributed by atoms with Gasteiger partial charge in [0.2, 0.25) is 5.62 Å². The van der Waals surface area contributed by atoms with Gasteiger partial charge in [-0.25, -0.2) is 28.3 Å². The molecule has 3 aromatic carbocycles. The number of rotatable bonds is 7. The molecule has 4 rings (SSSR count). The SMILES string of the molecule is CCn1c(=O)[nH]/c(=N\c2ccc(Oc3cc(F)cc(C(=O)O)c3)cc2)n(Cc2ccc(Cl)cc2)c1=O. The molecule has 0 aliphatic carbocycles. The maximum atomic E-state index is 13.7. The average Bonchev–Trinajstić information content (AvgIpc) is 2.84. The van der Waals surface area contributed by atoms with Crippen LogP contribution in [0, 0.1) is 5.82 Å². The zero-order valence-electron chi connectivity index (χ0n) is 18.9. The Hall–Kier alpha value is -4.44. The molecule has 0 amide bonds. The van der Waals surface area contributed by atoms with Gasteiger partial charge in [-0.2, -0.15) is 0 Å². The van der Waals surface area contributed by atoms with Gasteiger partial charge in [-0.1, -0.05) is 23.7 Å². The second-order valence-electron chi connectivity index (χ2n) is 7.68. The van der Waals surface area contributed by atoms with Gasteiger partial charge in [0.05, 0.1) is 17.8 Å². The van der Waals surface area contributed by atoms with Gasteiger partial charge < -0.3 is 9.84 Å². The van der Waals surface area contributed by atoms with Gasteiger partial charge in [-0.15, -0.1) is 0 Å². The molecule has 9 nitrogen and oxygen atoms in total. The van der Waals surface area contributed by atoms with Crippen LogP contribution in [-0.2, 0) is 13.1 Å². The van der Waals surface area contributed by atoms with E-state index in [1.165, 1.54) is 10.6 Å². The van der Waals surface area contributed by atoms with Crippen molar-refractivity contribution in [1.29, 1.82) is 0 Å². The molecule has 0 saturated carbocycles. The number of aromatic carboxylic acids is 1. The van der Waals surface area contributed by atoms with Crippen LogP contribution in [0.3, 0.4) is 0 Å². The Balaban J connectivity index is 1.69. The molecule has 0 unspecified atom stereocenters. The smallest absolute Gasteiger partial charge is 0.335 e. The molecule has 36 heavy (non-hydrogen) atoms. The Morgan fingerprint density at radius 3 is 2.36 bits per heavy atom. The number of carboxylic acid groups (broad SMARTS) is 1. The van der Waals surface area contributed by atoms with Crippen molar-refractivity contribution in [3.63, 3.8) is 0 Å². The Labute approximate surface area is 208 Å². The van der Waals surface area contributed by atoms with E-state index < -0.39 is 23.2 Å². The van der Waals surface area contributed by atoms with Crippen LogP contribution >= 0.6 is 11.6 Å². The number of aromatic amines is 1. The molecule has 0 bridgehead atoms. The van der Waals surface area contributed by atoms with Crippen LogP contribution < -0.4 is 21.7 Å². The summed E-state index contributed by atoms with van der Waals surface area (Å²) in [6, 6.07) is 16.3. The van der Waals surface area contributed by atoms with Gasteiger partial charge in [0.1, 0.15) is 17.3 Å². The van der Waals surface area contributed by atoms with Gasteiger partial charge in [-0.05, 0) is 61.0 Å². The molecule has 0 aliphatic heterocycles. The Bertz CT molecular complexity index is 1610. The van der Waals surface area contributed by atoms with E-state index in [2.05, 4.69) is 9.98 Å². The predicted octanol–water partition coefficient (Wildman–Crippen LogP) is 3.92. The highest BCUT2D eigenvalue weighted by molar-refractivity contribution is 6.30. The van der Waals surface area contributed by atoms with Crippen LogP contribution in [-0.4, -0.2) is 25.2 Å². The Morgan fingerprint density at radius 1 is 1.03 bits per heavy atom. The second-order valence-corrected chi connectivity index (χ2v) is 8.12. The highest BCUT2D eigenvalue weighted by Crippen LogP contribution is 2.25. The van der Waals surface area contributed by atoms with Crippen molar-refractivity contribution in [2.75, 3.05) is 0 Å². The molecule has 2 N–H and O–H groups in total. The lowest BCUT2D eigenvalue weighted by Gasteiger charge is -2.10. The molecule has 11 heteroatoms. The first-order valence-corrected chi connectivity index (χ1v) is 11.2. The minimum Gasteiger partial charge on any atom is -0.478 e. The minimum atomic E-state index is -1.28. The van der Waals surface area contributed by atoms with Crippen LogP contribution in [0.15, 0.2) is 81.3 Å². The molecule has 1 aromatic heterocycles. The van der Waals surface area contributed by atoms with Crippen LogP contribution in [0.1, 0.15) is 22.8 Å². The lowest BCUT2D eigenvalue weighted by atomic mass is 10.2. The quantitative estimate of drug-likeness (QED) is 0.390. The number of ether oxygens (including phenoxy) is 1. The lowest BCUT2D eigenvalue weighted by molar-refractivity contribution is 0.0696. The van der Waals surface area contributed by atoms with Crippen LogP contribution in [0.25, 0.3) is 0 Å².